The molecule has 2 aromatic carbocycles. The van der Waals surface area contributed by atoms with E-state index >= 15 is 0 Å². The number of likely N-dealkylation sites (tertiary alicyclic amines) is 1. The maximum Gasteiger partial charge on any atom is 0.246 e. The second kappa shape index (κ2) is 9.91. The van der Waals surface area contributed by atoms with Gasteiger partial charge >= 0.3 is 0 Å². The summed E-state index contributed by atoms with van der Waals surface area (Å²) in [6, 6.07) is 17.3. The van der Waals surface area contributed by atoms with Gasteiger partial charge in [0.2, 0.25) is 17.7 Å². The van der Waals surface area contributed by atoms with Gasteiger partial charge in [0.15, 0.2) is 0 Å². The van der Waals surface area contributed by atoms with Crippen LogP contribution >= 0.6 is 0 Å². The van der Waals surface area contributed by atoms with Crippen LogP contribution < -0.4 is 10.6 Å². The summed E-state index contributed by atoms with van der Waals surface area (Å²) in [5.74, 6) is -2.40. The molecule has 3 fully saturated rings. The number of anilines is 1. The Morgan fingerprint density at radius 2 is 1.73 bits per heavy atom. The summed E-state index contributed by atoms with van der Waals surface area (Å²) in [5.41, 5.74) is -0.340. The fourth-order valence-corrected chi connectivity index (χ4v) is 6.78. The van der Waals surface area contributed by atoms with Gasteiger partial charge in [-0.3, -0.25) is 14.4 Å². The molecular formula is C29H35N3O5. The van der Waals surface area contributed by atoms with Crippen LogP contribution in [0.25, 0.3) is 0 Å². The monoisotopic (exact) mass is 505 g/mol. The number of nitrogens with one attached hydrogen (secondary N) is 2. The third kappa shape index (κ3) is 4.03. The molecule has 1 spiro atoms. The van der Waals surface area contributed by atoms with Crippen LogP contribution in [0.3, 0.4) is 0 Å². The van der Waals surface area contributed by atoms with Gasteiger partial charge in [0.05, 0.1) is 30.1 Å². The molecule has 8 nitrogen and oxygen atoms in total. The van der Waals surface area contributed by atoms with E-state index in [0.717, 1.165) is 5.56 Å². The van der Waals surface area contributed by atoms with E-state index in [2.05, 4.69) is 10.6 Å². The number of ether oxygens (including phenoxy) is 1. The van der Waals surface area contributed by atoms with Crippen molar-refractivity contribution in [3.05, 3.63) is 66.2 Å². The number of hydrogen-bond donors (Lipinski definition) is 3. The molecule has 3 saturated heterocycles. The number of aliphatic hydroxyl groups excluding tert-OH is 1. The molecule has 0 saturated carbocycles. The topological polar surface area (TPSA) is 108 Å². The molecule has 2 unspecified atom stereocenters. The van der Waals surface area contributed by atoms with Crippen LogP contribution in [-0.4, -0.2) is 57.6 Å². The molecule has 3 N–H and O–H groups in total. The number of rotatable bonds is 9. The van der Waals surface area contributed by atoms with Crippen molar-refractivity contribution in [3.63, 3.8) is 0 Å². The number of benzene rings is 2. The number of para-hydroxylation sites is 1. The van der Waals surface area contributed by atoms with E-state index in [1.54, 1.807) is 0 Å². The van der Waals surface area contributed by atoms with Gasteiger partial charge in [-0.2, -0.15) is 0 Å². The molecule has 2 bridgehead atoms. The molecule has 6 atom stereocenters. The smallest absolute Gasteiger partial charge is 0.246 e. The van der Waals surface area contributed by atoms with E-state index in [9.17, 15) is 19.5 Å². The quantitative estimate of drug-likeness (QED) is 0.486. The molecule has 196 valence electrons. The van der Waals surface area contributed by atoms with E-state index < -0.39 is 35.1 Å². The Morgan fingerprint density at radius 3 is 2.35 bits per heavy atom. The molecule has 8 heteroatoms. The Bertz CT molecular complexity index is 1150. The van der Waals surface area contributed by atoms with Crippen LogP contribution in [0.2, 0.25) is 0 Å². The number of aliphatic hydroxyl groups is 1. The summed E-state index contributed by atoms with van der Waals surface area (Å²) in [5, 5.41) is 16.1. The van der Waals surface area contributed by atoms with Crippen LogP contribution in [0.5, 0.6) is 0 Å². The normalized spacial score (nSPS) is 30.7. The lowest BCUT2D eigenvalue weighted by atomic mass is 9.65. The highest BCUT2D eigenvalue weighted by Crippen LogP contribution is 2.64. The number of carbonyl (C=O) groups excluding carboxylic acids is 3. The first-order valence-corrected chi connectivity index (χ1v) is 13.2. The minimum absolute atomic E-state index is 0.268. The molecule has 3 amide bonds. The van der Waals surface area contributed by atoms with Crippen molar-refractivity contribution in [2.24, 2.45) is 11.8 Å². The number of carbonyl (C=O) groups is 3. The van der Waals surface area contributed by atoms with Crippen LogP contribution in [0.15, 0.2) is 60.7 Å². The highest BCUT2D eigenvalue weighted by Gasteiger charge is 2.79. The van der Waals surface area contributed by atoms with Crippen molar-refractivity contribution >= 4 is 23.4 Å². The van der Waals surface area contributed by atoms with Gasteiger partial charge in [0, 0.05) is 12.2 Å². The highest BCUT2D eigenvalue weighted by molar-refractivity contribution is 6.02. The third-order valence-corrected chi connectivity index (χ3v) is 8.58. The van der Waals surface area contributed by atoms with Gasteiger partial charge in [-0.15, -0.1) is 0 Å². The lowest BCUT2D eigenvalue weighted by Crippen LogP contribution is -2.57. The zero-order valence-corrected chi connectivity index (χ0v) is 21.4. The Morgan fingerprint density at radius 1 is 1.05 bits per heavy atom. The molecule has 3 aliphatic rings. The van der Waals surface area contributed by atoms with Crippen LogP contribution in [0.1, 0.15) is 45.1 Å². The van der Waals surface area contributed by atoms with Crippen molar-refractivity contribution in [1.29, 1.82) is 0 Å². The standard InChI is InChI=1S/C29H35N3O5/c1-3-21(18-33)32-24(26(35)30-17-19-11-7-5-8-12-19)29-16-15-28(4-2,37-29)22(23(29)27(32)36)25(34)31-20-13-9-6-10-14-20/h5-14,21-24,33H,3-4,15-18H2,1-2H3,(H,30,35)(H,31,34)/t21-,22+,23-,24?,28-,29?/m0/s1. The Kier molecular flexibility index (Phi) is 6.81. The third-order valence-electron chi connectivity index (χ3n) is 8.58. The average Bonchev–Trinajstić information content (AvgIpc) is 3.53. The van der Waals surface area contributed by atoms with Gasteiger partial charge in [-0.05, 0) is 43.4 Å². The predicted octanol–water partition coefficient (Wildman–Crippen LogP) is 2.87. The van der Waals surface area contributed by atoms with Crippen molar-refractivity contribution < 1.29 is 24.2 Å². The zero-order chi connectivity index (χ0) is 26.2. The van der Waals surface area contributed by atoms with E-state index in [1.165, 1.54) is 4.90 Å². The number of fused-ring (bicyclic) bond motifs is 1. The van der Waals surface area contributed by atoms with Gasteiger partial charge in [-0.25, -0.2) is 0 Å². The van der Waals surface area contributed by atoms with Crippen LogP contribution in [-0.2, 0) is 25.7 Å². The molecule has 2 aromatic rings. The molecule has 37 heavy (non-hydrogen) atoms. The second-order valence-electron chi connectivity index (χ2n) is 10.4. The maximum atomic E-state index is 14.1. The Hall–Kier alpha value is -3.23. The Labute approximate surface area is 217 Å². The van der Waals surface area contributed by atoms with Crippen molar-refractivity contribution in [2.45, 2.75) is 69.4 Å². The first-order chi connectivity index (χ1) is 17.9. The fourth-order valence-electron chi connectivity index (χ4n) is 6.78. The molecular weight excluding hydrogens is 470 g/mol. The zero-order valence-electron chi connectivity index (χ0n) is 21.4. The number of nitrogens with zero attached hydrogens (tertiary/aromatic N) is 1. The van der Waals surface area contributed by atoms with Crippen LogP contribution in [0, 0.1) is 11.8 Å². The highest BCUT2D eigenvalue weighted by atomic mass is 16.5. The SMILES string of the molecule is CC[C@@H](CO)N1C(=O)[C@@H]2[C@H](C(=O)Nc3ccccc3)[C@]3(CC)CCC2(O3)C1C(=O)NCc1ccccc1. The molecule has 0 aliphatic carbocycles. The van der Waals surface area contributed by atoms with Gasteiger partial charge in [-0.1, -0.05) is 62.4 Å². The maximum absolute atomic E-state index is 14.1. The summed E-state index contributed by atoms with van der Waals surface area (Å²) >= 11 is 0. The molecule has 3 aliphatic heterocycles. The van der Waals surface area contributed by atoms with E-state index in [4.69, 9.17) is 4.74 Å². The largest absolute Gasteiger partial charge is 0.394 e. The van der Waals surface area contributed by atoms with E-state index in [1.807, 2.05) is 74.5 Å². The first-order valence-electron chi connectivity index (χ1n) is 13.2. The number of amides is 3. The predicted molar refractivity (Wildman–Crippen MR) is 138 cm³/mol. The Balaban J connectivity index is 1.51. The van der Waals surface area contributed by atoms with Gasteiger partial charge in [0.1, 0.15) is 11.6 Å². The van der Waals surface area contributed by atoms with E-state index in [-0.39, 0.29) is 24.3 Å². The van der Waals surface area contributed by atoms with Crippen molar-refractivity contribution in [2.75, 3.05) is 11.9 Å². The van der Waals surface area contributed by atoms with Gasteiger partial charge in [0.25, 0.3) is 0 Å². The lowest BCUT2D eigenvalue weighted by Gasteiger charge is -2.37. The minimum atomic E-state index is -1.12. The second-order valence-corrected chi connectivity index (χ2v) is 10.4. The number of hydrogen-bond acceptors (Lipinski definition) is 5. The molecule has 0 aromatic heterocycles. The van der Waals surface area contributed by atoms with Gasteiger partial charge < -0.3 is 25.4 Å². The van der Waals surface area contributed by atoms with E-state index in [0.29, 0.717) is 37.9 Å². The molecule has 0 radical (unpaired) electrons. The van der Waals surface area contributed by atoms with Crippen molar-refractivity contribution in [3.8, 4) is 0 Å². The lowest BCUT2D eigenvalue weighted by molar-refractivity contribution is -0.150. The van der Waals surface area contributed by atoms with Crippen molar-refractivity contribution in [1.82, 2.24) is 10.2 Å². The summed E-state index contributed by atoms with van der Waals surface area (Å²) in [6.45, 7) is 3.89. The summed E-state index contributed by atoms with van der Waals surface area (Å²) < 4.78 is 6.75. The molecule has 5 rings (SSSR count). The summed E-state index contributed by atoms with van der Waals surface area (Å²) in [7, 11) is 0. The first kappa shape index (κ1) is 25.4. The summed E-state index contributed by atoms with van der Waals surface area (Å²) in [4.78, 5) is 43.2. The van der Waals surface area contributed by atoms with Crippen LogP contribution in [0.4, 0.5) is 5.69 Å². The average molecular weight is 506 g/mol. The minimum Gasteiger partial charge on any atom is -0.394 e. The summed E-state index contributed by atoms with van der Waals surface area (Å²) in [6.07, 6.45) is 2.13. The molecule has 3 heterocycles. The fraction of sp³-hybridized carbons (Fsp3) is 0.483.